The molecule has 3 rings (SSSR count). The normalized spacial score (nSPS) is 11.8. The van der Waals surface area contributed by atoms with Gasteiger partial charge in [-0.3, -0.25) is 9.69 Å². The van der Waals surface area contributed by atoms with Gasteiger partial charge < -0.3 is 15.4 Å². The monoisotopic (exact) mass is 507 g/mol. The zero-order chi connectivity index (χ0) is 26.3. The van der Waals surface area contributed by atoms with Crippen LogP contribution in [0.2, 0.25) is 5.02 Å². The maximum atomic E-state index is 13.6. The van der Waals surface area contributed by atoms with Gasteiger partial charge in [0.25, 0.3) is 0 Å². The molecule has 0 fully saturated rings. The minimum atomic E-state index is -1.17. The Hall–Kier alpha value is -3.84. The number of urea groups is 1. The van der Waals surface area contributed by atoms with Crippen LogP contribution in [0.5, 0.6) is 0 Å². The first kappa shape index (κ1) is 26.8. The molecular weight excluding hydrogens is 478 g/mol. The maximum absolute atomic E-state index is 13.6. The topological polar surface area (TPSA) is 87.7 Å². The summed E-state index contributed by atoms with van der Waals surface area (Å²) < 4.78 is 5.69. The lowest BCUT2D eigenvalue weighted by molar-refractivity contribution is -0.157. The Bertz CT molecular complexity index is 1220. The highest BCUT2D eigenvalue weighted by atomic mass is 35.5. The smallest absolute Gasteiger partial charge is 0.334 e. The van der Waals surface area contributed by atoms with Gasteiger partial charge in [0.2, 0.25) is 5.91 Å². The van der Waals surface area contributed by atoms with Crippen LogP contribution in [-0.2, 0) is 14.3 Å². The second kappa shape index (κ2) is 11.7. The van der Waals surface area contributed by atoms with Gasteiger partial charge in [-0.05, 0) is 63.6 Å². The minimum Gasteiger partial charge on any atom is -0.458 e. The van der Waals surface area contributed by atoms with E-state index in [1.807, 2.05) is 25.1 Å². The SMILES string of the molecule is Cc1cccc(NC(=O)NCC(=O)N(c2ccccc2)C(C(=O)OC(C)(C)C)c2ccccc2Cl)c1. The Morgan fingerprint density at radius 2 is 1.61 bits per heavy atom. The van der Waals surface area contributed by atoms with Crippen molar-refractivity contribution < 1.29 is 19.1 Å². The summed E-state index contributed by atoms with van der Waals surface area (Å²) >= 11 is 6.48. The van der Waals surface area contributed by atoms with Crippen molar-refractivity contribution in [3.63, 3.8) is 0 Å². The van der Waals surface area contributed by atoms with Gasteiger partial charge in [0.05, 0.1) is 6.54 Å². The molecule has 7 nitrogen and oxygen atoms in total. The highest BCUT2D eigenvalue weighted by molar-refractivity contribution is 6.31. The first-order valence-electron chi connectivity index (χ1n) is 11.5. The Balaban J connectivity index is 1.92. The van der Waals surface area contributed by atoms with Crippen LogP contribution in [0.1, 0.15) is 37.9 Å². The van der Waals surface area contributed by atoms with E-state index in [1.165, 1.54) is 4.90 Å². The molecular formula is C28H30ClN3O4. The third-order valence-electron chi connectivity index (χ3n) is 5.07. The molecule has 3 aromatic rings. The van der Waals surface area contributed by atoms with E-state index in [2.05, 4.69) is 10.6 Å². The predicted octanol–water partition coefficient (Wildman–Crippen LogP) is 5.89. The van der Waals surface area contributed by atoms with Gasteiger partial charge >= 0.3 is 12.0 Å². The minimum absolute atomic E-state index is 0.312. The number of aryl methyl sites for hydroxylation is 1. The number of rotatable bonds is 7. The Morgan fingerprint density at radius 3 is 2.25 bits per heavy atom. The van der Waals surface area contributed by atoms with Crippen molar-refractivity contribution in [2.24, 2.45) is 0 Å². The lowest BCUT2D eigenvalue weighted by atomic mass is 10.0. The van der Waals surface area contributed by atoms with Gasteiger partial charge in [-0.15, -0.1) is 0 Å². The molecule has 0 saturated carbocycles. The quantitative estimate of drug-likeness (QED) is 0.390. The lowest BCUT2D eigenvalue weighted by Crippen LogP contribution is -2.47. The van der Waals surface area contributed by atoms with E-state index in [4.69, 9.17) is 16.3 Å². The van der Waals surface area contributed by atoms with Crippen LogP contribution in [0, 0.1) is 6.92 Å². The molecule has 0 aliphatic carbocycles. The van der Waals surface area contributed by atoms with Crippen molar-refractivity contribution in [2.45, 2.75) is 39.3 Å². The summed E-state index contributed by atoms with van der Waals surface area (Å²) in [5, 5.41) is 5.60. The number of esters is 1. The number of amides is 3. The molecule has 36 heavy (non-hydrogen) atoms. The standard InChI is InChI=1S/C28H30ClN3O4/c1-19-11-10-12-20(17-19)31-27(35)30-18-24(33)32(21-13-6-5-7-14-21)25(26(34)36-28(2,3)4)22-15-8-9-16-23(22)29/h5-17,25H,18H2,1-4H3,(H2,30,31,35). The highest BCUT2D eigenvalue weighted by Gasteiger charge is 2.37. The fraction of sp³-hybridized carbons (Fsp3) is 0.250. The number of hydrogen-bond acceptors (Lipinski definition) is 4. The molecule has 0 aromatic heterocycles. The number of anilines is 2. The second-order valence-corrected chi connectivity index (χ2v) is 9.64. The summed E-state index contributed by atoms with van der Waals surface area (Å²) in [6.07, 6.45) is 0. The van der Waals surface area contributed by atoms with Crippen molar-refractivity contribution in [1.82, 2.24) is 5.32 Å². The maximum Gasteiger partial charge on any atom is 0.334 e. The van der Waals surface area contributed by atoms with E-state index in [0.717, 1.165) is 5.56 Å². The highest BCUT2D eigenvalue weighted by Crippen LogP contribution is 2.33. The molecule has 1 unspecified atom stereocenters. The van der Waals surface area contributed by atoms with E-state index in [1.54, 1.807) is 81.4 Å². The van der Waals surface area contributed by atoms with Crippen molar-refractivity contribution in [1.29, 1.82) is 0 Å². The number of nitrogens with zero attached hydrogens (tertiary/aromatic N) is 1. The molecule has 3 aromatic carbocycles. The average molecular weight is 508 g/mol. The molecule has 0 heterocycles. The van der Waals surface area contributed by atoms with E-state index < -0.39 is 29.6 Å². The molecule has 0 aliphatic heterocycles. The summed E-state index contributed by atoms with van der Waals surface area (Å²) in [7, 11) is 0. The van der Waals surface area contributed by atoms with Crippen molar-refractivity contribution in [3.8, 4) is 0 Å². The molecule has 0 saturated heterocycles. The summed E-state index contributed by atoms with van der Waals surface area (Å²) in [6, 6.07) is 21.1. The zero-order valence-electron chi connectivity index (χ0n) is 20.7. The summed E-state index contributed by atoms with van der Waals surface area (Å²) in [5.74, 6) is -1.16. The largest absolute Gasteiger partial charge is 0.458 e. The van der Waals surface area contributed by atoms with Gasteiger partial charge in [0.15, 0.2) is 6.04 Å². The molecule has 0 radical (unpaired) electrons. The number of hydrogen-bond donors (Lipinski definition) is 2. The zero-order valence-corrected chi connectivity index (χ0v) is 21.5. The molecule has 2 N–H and O–H groups in total. The van der Waals surface area contributed by atoms with Gasteiger partial charge in [-0.2, -0.15) is 0 Å². The van der Waals surface area contributed by atoms with Crippen molar-refractivity contribution in [2.75, 3.05) is 16.8 Å². The van der Waals surface area contributed by atoms with Crippen LogP contribution < -0.4 is 15.5 Å². The number of benzene rings is 3. The molecule has 0 bridgehead atoms. The molecule has 0 aliphatic rings. The Morgan fingerprint density at radius 1 is 0.944 bits per heavy atom. The third-order valence-corrected chi connectivity index (χ3v) is 5.41. The predicted molar refractivity (Wildman–Crippen MR) is 142 cm³/mol. The molecule has 3 amide bonds. The Labute approximate surface area is 216 Å². The number of nitrogens with one attached hydrogen (secondary N) is 2. The van der Waals surface area contributed by atoms with Gasteiger partial charge in [-0.25, -0.2) is 9.59 Å². The van der Waals surface area contributed by atoms with Crippen molar-refractivity contribution in [3.05, 3.63) is 95.0 Å². The van der Waals surface area contributed by atoms with E-state index in [0.29, 0.717) is 22.0 Å². The van der Waals surface area contributed by atoms with E-state index in [9.17, 15) is 14.4 Å². The summed E-state index contributed by atoms with van der Waals surface area (Å²) in [6.45, 7) is 6.80. The molecule has 0 spiro atoms. The Kier molecular flexibility index (Phi) is 8.72. The van der Waals surface area contributed by atoms with Crippen molar-refractivity contribution >= 4 is 40.9 Å². The van der Waals surface area contributed by atoms with E-state index in [-0.39, 0.29) is 6.54 Å². The molecule has 8 heteroatoms. The summed E-state index contributed by atoms with van der Waals surface area (Å²) in [4.78, 5) is 40.9. The van der Waals surface area contributed by atoms with Crippen LogP contribution in [0.25, 0.3) is 0 Å². The first-order chi connectivity index (χ1) is 17.0. The number of para-hydroxylation sites is 1. The van der Waals surface area contributed by atoms with E-state index >= 15 is 0 Å². The van der Waals surface area contributed by atoms with Gasteiger partial charge in [0, 0.05) is 22.0 Å². The fourth-order valence-corrected chi connectivity index (χ4v) is 3.83. The number of carbonyl (C=O) groups is 3. The number of halogens is 1. The van der Waals surface area contributed by atoms with Crippen LogP contribution in [0.3, 0.4) is 0 Å². The third kappa shape index (κ3) is 7.33. The lowest BCUT2D eigenvalue weighted by Gasteiger charge is -2.33. The average Bonchev–Trinajstić information content (AvgIpc) is 2.81. The van der Waals surface area contributed by atoms with Gasteiger partial charge in [0.1, 0.15) is 5.60 Å². The van der Waals surface area contributed by atoms with Crippen LogP contribution >= 0.6 is 11.6 Å². The molecule has 188 valence electrons. The fourth-order valence-electron chi connectivity index (χ4n) is 3.59. The summed E-state index contributed by atoms with van der Waals surface area (Å²) in [5.41, 5.74) is 1.66. The van der Waals surface area contributed by atoms with Gasteiger partial charge in [-0.1, -0.05) is 60.1 Å². The van der Waals surface area contributed by atoms with Crippen LogP contribution in [0.4, 0.5) is 16.2 Å². The first-order valence-corrected chi connectivity index (χ1v) is 11.9. The van der Waals surface area contributed by atoms with Crippen LogP contribution in [0.15, 0.2) is 78.9 Å². The second-order valence-electron chi connectivity index (χ2n) is 9.23. The molecule has 1 atom stereocenters. The van der Waals surface area contributed by atoms with Crippen LogP contribution in [-0.4, -0.2) is 30.1 Å². The number of ether oxygens (including phenoxy) is 1. The number of carbonyl (C=O) groups excluding carboxylic acids is 3.